The molecule has 0 saturated heterocycles. The molecule has 0 radical (unpaired) electrons. The molecule has 3 N–H and O–H groups in total. The molecule has 0 aromatic rings. The van der Waals surface area contributed by atoms with Crippen LogP contribution in [0.25, 0.3) is 0 Å². The summed E-state index contributed by atoms with van der Waals surface area (Å²) in [5.74, 6) is 0. The average molecular weight is 416 g/mol. The second-order valence-corrected chi connectivity index (χ2v) is 9.51. The van der Waals surface area contributed by atoms with Crippen LogP contribution in [0.3, 0.4) is 0 Å². The van der Waals surface area contributed by atoms with E-state index in [1.807, 2.05) is 0 Å². The minimum Gasteiger partial charge on any atom is -1.00 e. The third kappa shape index (κ3) is 21.4. The standard InChI is InChI=1S/C21H45NO3S.Na.H/c1-2-3-4-5-6-7-8-9-10-11-12-13-14-15-16-17-18-19-21(20-22)26(23,24)25;;/h21H,2-20,22H2,1H3,(H,23,24,25);;/q;+1;-1. The molecule has 0 rings (SSSR count). The van der Waals surface area contributed by atoms with E-state index in [0.717, 1.165) is 19.3 Å². The Morgan fingerprint density at radius 1 is 0.704 bits per heavy atom. The molecule has 0 saturated carbocycles. The maximum Gasteiger partial charge on any atom is 1.00 e. The number of hydrogen-bond donors (Lipinski definition) is 2. The van der Waals surface area contributed by atoms with Crippen molar-refractivity contribution in [3.8, 4) is 0 Å². The largest absolute Gasteiger partial charge is 1.00 e. The second-order valence-electron chi connectivity index (χ2n) is 7.82. The maximum absolute atomic E-state index is 11.0. The predicted molar refractivity (Wildman–Crippen MR) is 114 cm³/mol. The summed E-state index contributed by atoms with van der Waals surface area (Å²) in [7, 11) is -3.96. The first-order chi connectivity index (χ1) is 12.5. The van der Waals surface area contributed by atoms with Gasteiger partial charge in [-0.2, -0.15) is 8.42 Å². The summed E-state index contributed by atoms with van der Waals surface area (Å²) in [4.78, 5) is 0. The molecule has 0 aliphatic carbocycles. The number of rotatable bonds is 20. The summed E-state index contributed by atoms with van der Waals surface area (Å²) < 4.78 is 31.1. The fraction of sp³-hybridized carbons (Fsp3) is 1.00. The quantitative estimate of drug-likeness (QED) is 0.181. The Bertz CT molecular complexity index is 397. The van der Waals surface area contributed by atoms with Crippen LogP contribution in [-0.2, 0) is 10.1 Å². The molecular weight excluding hydrogens is 369 g/mol. The van der Waals surface area contributed by atoms with Gasteiger partial charge in [-0.15, -0.1) is 0 Å². The number of hydrogen-bond acceptors (Lipinski definition) is 3. The van der Waals surface area contributed by atoms with E-state index in [2.05, 4.69) is 6.92 Å². The predicted octanol–water partition coefficient (Wildman–Crippen LogP) is 3.36. The summed E-state index contributed by atoms with van der Waals surface area (Å²) in [5.41, 5.74) is 5.39. The van der Waals surface area contributed by atoms with Gasteiger partial charge in [0.2, 0.25) is 0 Å². The van der Waals surface area contributed by atoms with Gasteiger partial charge in [0.1, 0.15) is 0 Å². The van der Waals surface area contributed by atoms with Gasteiger partial charge in [-0.3, -0.25) is 4.55 Å². The summed E-state index contributed by atoms with van der Waals surface area (Å²) >= 11 is 0. The van der Waals surface area contributed by atoms with Crippen LogP contribution in [-0.4, -0.2) is 24.8 Å². The summed E-state index contributed by atoms with van der Waals surface area (Å²) in [6.07, 6.45) is 22.7. The van der Waals surface area contributed by atoms with Gasteiger partial charge in [0, 0.05) is 6.54 Å². The second kappa shape index (κ2) is 21.6. The van der Waals surface area contributed by atoms with Crippen molar-refractivity contribution in [3.05, 3.63) is 0 Å². The van der Waals surface area contributed by atoms with E-state index in [0.29, 0.717) is 6.42 Å². The van der Waals surface area contributed by atoms with Crippen LogP contribution in [0.4, 0.5) is 0 Å². The molecular formula is C21H46NNaO3S. The molecule has 160 valence electrons. The first-order valence-electron chi connectivity index (χ1n) is 11.2. The minimum absolute atomic E-state index is 0. The van der Waals surface area contributed by atoms with Crippen LogP contribution in [0.15, 0.2) is 0 Å². The van der Waals surface area contributed by atoms with Crippen molar-refractivity contribution in [2.24, 2.45) is 5.73 Å². The van der Waals surface area contributed by atoms with Crippen molar-refractivity contribution in [2.45, 2.75) is 128 Å². The molecule has 1 unspecified atom stereocenters. The van der Waals surface area contributed by atoms with E-state index in [4.69, 9.17) is 10.3 Å². The smallest absolute Gasteiger partial charge is 1.00 e. The molecule has 0 heterocycles. The van der Waals surface area contributed by atoms with Crippen molar-refractivity contribution >= 4 is 10.1 Å². The Balaban J connectivity index is -0.00000312. The van der Waals surface area contributed by atoms with Gasteiger partial charge in [0.05, 0.1) is 5.25 Å². The summed E-state index contributed by atoms with van der Waals surface area (Å²) in [6, 6.07) is 0. The topological polar surface area (TPSA) is 80.4 Å². The third-order valence-electron chi connectivity index (χ3n) is 5.31. The first-order valence-corrected chi connectivity index (χ1v) is 12.7. The molecule has 0 aliphatic heterocycles. The minimum atomic E-state index is -3.96. The molecule has 0 aromatic carbocycles. The molecule has 6 heteroatoms. The monoisotopic (exact) mass is 415 g/mol. The Morgan fingerprint density at radius 3 is 1.26 bits per heavy atom. The molecule has 4 nitrogen and oxygen atoms in total. The van der Waals surface area contributed by atoms with Crippen LogP contribution < -0.4 is 35.3 Å². The molecule has 0 aromatic heterocycles. The van der Waals surface area contributed by atoms with Crippen LogP contribution in [0.2, 0.25) is 0 Å². The molecule has 0 bridgehead atoms. The van der Waals surface area contributed by atoms with E-state index < -0.39 is 15.4 Å². The maximum atomic E-state index is 11.0. The Labute approximate surface area is 193 Å². The number of nitrogens with two attached hydrogens (primary N) is 1. The Hall–Kier alpha value is 0.870. The van der Waals surface area contributed by atoms with Crippen molar-refractivity contribution in [2.75, 3.05) is 6.54 Å². The van der Waals surface area contributed by atoms with Gasteiger partial charge in [0.15, 0.2) is 0 Å². The molecule has 0 aliphatic rings. The summed E-state index contributed by atoms with van der Waals surface area (Å²) in [6.45, 7) is 2.28. The molecule has 0 spiro atoms. The zero-order valence-electron chi connectivity index (χ0n) is 19.3. The van der Waals surface area contributed by atoms with Crippen LogP contribution >= 0.6 is 0 Å². The zero-order valence-corrected chi connectivity index (χ0v) is 21.1. The van der Waals surface area contributed by atoms with Crippen molar-refractivity contribution in [1.82, 2.24) is 0 Å². The fourth-order valence-electron chi connectivity index (χ4n) is 3.49. The van der Waals surface area contributed by atoms with Gasteiger partial charge in [-0.25, -0.2) is 0 Å². The Kier molecular flexibility index (Phi) is 24.0. The molecule has 27 heavy (non-hydrogen) atoms. The average Bonchev–Trinajstić information content (AvgIpc) is 2.59. The van der Waals surface area contributed by atoms with E-state index >= 15 is 0 Å². The van der Waals surface area contributed by atoms with Crippen LogP contribution in [0.5, 0.6) is 0 Å². The normalized spacial score (nSPS) is 12.7. The van der Waals surface area contributed by atoms with E-state index in [-0.39, 0.29) is 37.5 Å². The molecule has 0 amide bonds. The van der Waals surface area contributed by atoms with Crippen molar-refractivity contribution < 1.29 is 44.0 Å². The summed E-state index contributed by atoms with van der Waals surface area (Å²) in [5, 5.41) is -0.779. The van der Waals surface area contributed by atoms with Gasteiger partial charge in [-0.05, 0) is 6.42 Å². The van der Waals surface area contributed by atoms with E-state index in [9.17, 15) is 8.42 Å². The fourth-order valence-corrected chi connectivity index (χ4v) is 4.19. The van der Waals surface area contributed by atoms with Gasteiger partial charge >= 0.3 is 29.6 Å². The van der Waals surface area contributed by atoms with Gasteiger partial charge in [-0.1, -0.05) is 116 Å². The SMILES string of the molecule is CCCCCCCCCCCCCCCCCCCC(CN)S(=O)(=O)O.[H-].[Na+]. The van der Waals surface area contributed by atoms with Gasteiger partial charge in [0.25, 0.3) is 10.1 Å². The Morgan fingerprint density at radius 2 is 1.00 bits per heavy atom. The molecule has 0 fully saturated rings. The van der Waals surface area contributed by atoms with E-state index in [1.54, 1.807) is 0 Å². The van der Waals surface area contributed by atoms with Gasteiger partial charge < -0.3 is 7.16 Å². The number of unbranched alkanes of at least 4 members (excludes halogenated alkanes) is 16. The zero-order chi connectivity index (χ0) is 19.5. The van der Waals surface area contributed by atoms with Crippen LogP contribution in [0, 0.1) is 0 Å². The van der Waals surface area contributed by atoms with Crippen molar-refractivity contribution in [3.63, 3.8) is 0 Å². The molecule has 1 atom stereocenters. The third-order valence-corrected chi connectivity index (χ3v) is 6.58. The van der Waals surface area contributed by atoms with Crippen LogP contribution in [0.1, 0.15) is 124 Å². The van der Waals surface area contributed by atoms with Crippen molar-refractivity contribution in [1.29, 1.82) is 0 Å². The first kappa shape index (κ1) is 30.1. The van der Waals surface area contributed by atoms with E-state index in [1.165, 1.54) is 89.9 Å².